The van der Waals surface area contributed by atoms with E-state index in [0.29, 0.717) is 12.1 Å². The van der Waals surface area contributed by atoms with Gasteiger partial charge in [-0.25, -0.2) is 9.78 Å². The van der Waals surface area contributed by atoms with E-state index >= 15 is 0 Å². The largest absolute Gasteiger partial charge is 0.410 e. The van der Waals surface area contributed by atoms with Gasteiger partial charge in [0.1, 0.15) is 17.1 Å². The van der Waals surface area contributed by atoms with E-state index in [-0.39, 0.29) is 28.3 Å². The Morgan fingerprint density at radius 3 is 2.86 bits per heavy atom. The van der Waals surface area contributed by atoms with Crippen LogP contribution in [-0.2, 0) is 0 Å². The van der Waals surface area contributed by atoms with Gasteiger partial charge in [0.15, 0.2) is 0 Å². The Labute approximate surface area is 172 Å². The normalized spacial score (nSPS) is 17.6. The number of allylic oxidation sites excluding steroid dienone is 2. The highest BCUT2D eigenvalue weighted by molar-refractivity contribution is 6.28. The van der Waals surface area contributed by atoms with Crippen molar-refractivity contribution in [1.29, 1.82) is 0 Å². The van der Waals surface area contributed by atoms with Crippen LogP contribution in [-0.4, -0.2) is 27.5 Å². The zero-order valence-electron chi connectivity index (χ0n) is 15.7. The molecule has 2 aromatic rings. The molecule has 0 fully saturated rings. The molecule has 1 aliphatic rings. The summed E-state index contributed by atoms with van der Waals surface area (Å²) in [7, 11) is 0. The van der Waals surface area contributed by atoms with E-state index in [1.54, 1.807) is 24.3 Å². The van der Waals surface area contributed by atoms with Crippen LogP contribution in [0.1, 0.15) is 30.1 Å². The van der Waals surface area contributed by atoms with Gasteiger partial charge < -0.3 is 21.1 Å². The molecule has 0 radical (unpaired) electrons. The first-order chi connectivity index (χ1) is 13.9. The molecule has 0 aliphatic heterocycles. The lowest BCUT2D eigenvalue weighted by atomic mass is 9.88. The first-order valence-corrected chi connectivity index (χ1v) is 9.32. The summed E-state index contributed by atoms with van der Waals surface area (Å²) in [4.78, 5) is 32.0. The second kappa shape index (κ2) is 8.74. The molecule has 3 rings (SSSR count). The molecule has 8 nitrogen and oxygen atoms in total. The van der Waals surface area contributed by atoms with Crippen molar-refractivity contribution in [2.75, 3.05) is 5.32 Å². The number of halogens is 1. The topological polar surface area (TPSA) is 119 Å². The average molecular weight is 414 g/mol. The van der Waals surface area contributed by atoms with Crippen LogP contribution in [0.25, 0.3) is 0 Å². The number of carbonyl (C=O) groups is 2. The van der Waals surface area contributed by atoms with Gasteiger partial charge >= 0.3 is 6.09 Å². The van der Waals surface area contributed by atoms with Gasteiger partial charge in [-0.15, -0.1) is 0 Å². The summed E-state index contributed by atoms with van der Waals surface area (Å²) in [6.07, 6.45) is 9.69. The summed E-state index contributed by atoms with van der Waals surface area (Å²) in [5.74, 6) is 0.133. The van der Waals surface area contributed by atoms with Crippen LogP contribution in [0.4, 0.5) is 16.3 Å². The molecule has 9 heteroatoms. The number of anilines is 2. The Morgan fingerprint density at radius 1 is 1.34 bits per heavy atom. The number of rotatable bonds is 6. The van der Waals surface area contributed by atoms with Crippen LogP contribution in [0, 0.1) is 0 Å². The molecule has 1 unspecified atom stereocenters. The molecule has 0 bridgehead atoms. The van der Waals surface area contributed by atoms with E-state index in [1.165, 1.54) is 6.20 Å². The van der Waals surface area contributed by atoms with Gasteiger partial charge in [0.2, 0.25) is 5.28 Å². The molecular formula is C20H20ClN5O3. The van der Waals surface area contributed by atoms with Crippen molar-refractivity contribution in [3.63, 3.8) is 0 Å². The van der Waals surface area contributed by atoms with Crippen LogP contribution in [0.3, 0.4) is 0 Å². The maximum absolute atomic E-state index is 13.0. The minimum Gasteiger partial charge on any atom is -0.410 e. The fraction of sp³-hybridized carbons (Fsp3) is 0.200. The first-order valence-electron chi connectivity index (χ1n) is 8.94. The number of nitrogens with two attached hydrogens (primary N) is 1. The summed E-state index contributed by atoms with van der Waals surface area (Å²) >= 11 is 5.93. The molecule has 29 heavy (non-hydrogen) atoms. The minimum absolute atomic E-state index is 0.0145. The summed E-state index contributed by atoms with van der Waals surface area (Å²) in [5.41, 5.74) is 5.32. The van der Waals surface area contributed by atoms with Crippen molar-refractivity contribution in [1.82, 2.24) is 15.3 Å². The van der Waals surface area contributed by atoms with Crippen LogP contribution < -0.4 is 21.1 Å². The highest BCUT2D eigenvalue weighted by Gasteiger charge is 2.28. The maximum Gasteiger partial charge on any atom is 0.409 e. The van der Waals surface area contributed by atoms with Crippen LogP contribution in [0.2, 0.25) is 5.28 Å². The van der Waals surface area contributed by atoms with Crippen LogP contribution >= 0.6 is 11.6 Å². The lowest BCUT2D eigenvalue weighted by Crippen LogP contribution is -2.47. The molecule has 1 aromatic heterocycles. The Morgan fingerprint density at radius 2 is 2.17 bits per heavy atom. The van der Waals surface area contributed by atoms with Gasteiger partial charge in [-0.05, 0) is 36.6 Å². The number of nitrogens with one attached hydrogen (secondary N) is 2. The summed E-state index contributed by atoms with van der Waals surface area (Å²) < 4.78 is 4.87. The smallest absolute Gasteiger partial charge is 0.409 e. The lowest BCUT2D eigenvalue weighted by molar-refractivity contribution is 0.0915. The Bertz CT molecular complexity index is 992. The minimum atomic E-state index is -0.924. The van der Waals surface area contributed by atoms with Gasteiger partial charge in [0.05, 0.1) is 5.54 Å². The maximum atomic E-state index is 13.0. The van der Waals surface area contributed by atoms with Gasteiger partial charge in [-0.2, -0.15) is 4.98 Å². The highest BCUT2D eigenvalue weighted by atomic mass is 35.5. The molecule has 0 saturated heterocycles. The van der Waals surface area contributed by atoms with Gasteiger partial charge in [-0.3, -0.25) is 4.79 Å². The fourth-order valence-electron chi connectivity index (χ4n) is 2.91. The molecule has 0 saturated carbocycles. The number of nitrogens with zero attached hydrogens (tertiary/aromatic N) is 2. The number of carbonyl (C=O) groups excluding carboxylic acids is 2. The van der Waals surface area contributed by atoms with E-state index < -0.39 is 11.6 Å². The number of amides is 2. The third kappa shape index (κ3) is 5.11. The third-order valence-corrected chi connectivity index (χ3v) is 4.64. The number of ether oxygens (including phenoxy) is 1. The molecule has 2 amide bonds. The molecule has 150 valence electrons. The fourth-order valence-corrected chi connectivity index (χ4v) is 3.05. The molecule has 1 aromatic carbocycles. The van der Waals surface area contributed by atoms with E-state index in [0.717, 1.165) is 6.42 Å². The van der Waals surface area contributed by atoms with Gasteiger partial charge in [0.25, 0.3) is 5.91 Å². The van der Waals surface area contributed by atoms with E-state index in [9.17, 15) is 9.59 Å². The number of aromatic nitrogens is 2. The number of benzene rings is 1. The Balaban J connectivity index is 1.86. The summed E-state index contributed by atoms with van der Waals surface area (Å²) in [6.45, 7) is 2.01. The Kier molecular flexibility index (Phi) is 6.13. The lowest BCUT2D eigenvalue weighted by Gasteiger charge is -2.31. The zero-order chi connectivity index (χ0) is 20.9. The van der Waals surface area contributed by atoms with Crippen molar-refractivity contribution in [3.8, 4) is 5.75 Å². The first kappa shape index (κ1) is 20.3. The van der Waals surface area contributed by atoms with E-state index in [1.807, 2.05) is 31.2 Å². The molecular weight excluding hydrogens is 394 g/mol. The molecule has 1 heterocycles. The van der Waals surface area contributed by atoms with Crippen LogP contribution in [0.5, 0.6) is 5.75 Å². The monoisotopic (exact) mass is 413 g/mol. The molecule has 1 aliphatic carbocycles. The molecule has 1 atom stereocenters. The molecule has 0 spiro atoms. The van der Waals surface area contributed by atoms with Crippen molar-refractivity contribution < 1.29 is 14.3 Å². The van der Waals surface area contributed by atoms with Gasteiger partial charge in [-0.1, -0.05) is 37.3 Å². The zero-order valence-corrected chi connectivity index (χ0v) is 16.4. The number of hydrogen-bond acceptors (Lipinski definition) is 6. The number of primary amides is 1. The van der Waals surface area contributed by atoms with E-state index in [4.69, 9.17) is 22.1 Å². The average Bonchev–Trinajstić information content (AvgIpc) is 2.68. The summed E-state index contributed by atoms with van der Waals surface area (Å²) in [5, 5.41) is 6.06. The predicted octanol–water partition coefficient (Wildman–Crippen LogP) is 3.73. The third-order valence-electron chi connectivity index (χ3n) is 4.46. The summed E-state index contributed by atoms with van der Waals surface area (Å²) in [6, 6.07) is 6.50. The highest BCUT2D eigenvalue weighted by Crippen LogP contribution is 2.26. The molecule has 4 N–H and O–H groups in total. The number of hydrogen-bond donors (Lipinski definition) is 3. The SMILES string of the molecule is CCC1(NC(=O)c2cnc(Cl)nc2Nc2cccc(OC(N)=O)c2)C=CC=CC1. The van der Waals surface area contributed by atoms with Crippen molar-refractivity contribution in [3.05, 3.63) is 65.6 Å². The van der Waals surface area contributed by atoms with E-state index in [2.05, 4.69) is 20.6 Å². The van der Waals surface area contributed by atoms with Crippen LogP contribution in [0.15, 0.2) is 54.8 Å². The quantitative estimate of drug-likeness (QED) is 0.621. The van der Waals surface area contributed by atoms with Crippen molar-refractivity contribution in [2.24, 2.45) is 5.73 Å². The van der Waals surface area contributed by atoms with Crippen molar-refractivity contribution >= 4 is 35.1 Å². The predicted molar refractivity (Wildman–Crippen MR) is 110 cm³/mol. The van der Waals surface area contributed by atoms with Gasteiger partial charge in [0, 0.05) is 18.0 Å². The standard InChI is InChI=1S/C20H20ClN5O3/c1-2-20(9-4-3-5-10-20)26-17(27)15-12-23-18(21)25-16(15)24-13-7-6-8-14(11-13)29-19(22)28/h3-9,11-12H,2,10H2,1H3,(H2,22,28)(H,26,27)(H,23,24,25). The second-order valence-corrected chi connectivity index (χ2v) is 6.77. The van der Waals surface area contributed by atoms with Crippen molar-refractivity contribution in [2.45, 2.75) is 25.3 Å². The second-order valence-electron chi connectivity index (χ2n) is 6.43. The Hall–Kier alpha value is -3.39.